The van der Waals surface area contributed by atoms with Gasteiger partial charge in [0.25, 0.3) is 5.91 Å². The van der Waals surface area contributed by atoms with Crippen molar-refractivity contribution in [2.75, 3.05) is 0 Å². The Hall–Kier alpha value is -3.20. The first-order valence-corrected chi connectivity index (χ1v) is 8.70. The average Bonchev–Trinajstić information content (AvgIpc) is 2.97. The van der Waals surface area contributed by atoms with Crippen LogP contribution in [0.1, 0.15) is 39.4 Å². The van der Waals surface area contributed by atoms with Gasteiger partial charge >= 0.3 is 5.97 Å². The molecule has 1 heterocycles. The van der Waals surface area contributed by atoms with E-state index in [1.54, 1.807) is 30.3 Å². The second-order valence-electron chi connectivity index (χ2n) is 6.42. The lowest BCUT2D eigenvalue weighted by atomic mass is 10.0. The van der Waals surface area contributed by atoms with Gasteiger partial charge in [0.15, 0.2) is 0 Å². The molecule has 0 unspecified atom stereocenters. The summed E-state index contributed by atoms with van der Waals surface area (Å²) < 4.78 is 0. The normalized spacial score (nSPS) is 11.0. The summed E-state index contributed by atoms with van der Waals surface area (Å²) in [6.45, 7) is 2.76. The van der Waals surface area contributed by atoms with Crippen LogP contribution in [0.15, 0.2) is 30.3 Å². The van der Waals surface area contributed by atoms with Gasteiger partial charge in [-0.3, -0.25) is 14.4 Å². The van der Waals surface area contributed by atoms with Gasteiger partial charge in [-0.25, -0.2) is 4.79 Å². The van der Waals surface area contributed by atoms with Crippen molar-refractivity contribution in [2.24, 2.45) is 11.5 Å². The zero-order valence-corrected chi connectivity index (χ0v) is 15.6. The number of benzene rings is 1. The Morgan fingerprint density at radius 2 is 1.81 bits per heavy atom. The van der Waals surface area contributed by atoms with Crippen molar-refractivity contribution in [3.05, 3.63) is 46.3 Å². The van der Waals surface area contributed by atoms with Crippen molar-refractivity contribution in [1.82, 2.24) is 5.32 Å². The molecule has 142 valence electrons. The predicted octanol–water partition coefficient (Wildman–Crippen LogP) is 1.13. The van der Waals surface area contributed by atoms with Crippen LogP contribution in [0.5, 0.6) is 0 Å². The van der Waals surface area contributed by atoms with E-state index in [1.807, 2.05) is 0 Å². The monoisotopic (exact) mass is 389 g/mol. The molecule has 8 nitrogen and oxygen atoms in total. The van der Waals surface area contributed by atoms with Crippen LogP contribution in [0.3, 0.4) is 0 Å². The van der Waals surface area contributed by atoms with E-state index in [1.165, 1.54) is 25.2 Å². The Kier molecular flexibility index (Phi) is 5.65. The molecular formula is C18H19N3O5S. The van der Waals surface area contributed by atoms with Gasteiger partial charge in [-0.1, -0.05) is 12.1 Å². The number of carbonyl (C=O) groups is 4. The molecule has 6 N–H and O–H groups in total. The molecule has 0 radical (unpaired) electrons. The maximum absolute atomic E-state index is 12.4. The Bertz CT molecular complexity index is 933. The molecule has 2 aromatic rings. The van der Waals surface area contributed by atoms with E-state index in [9.17, 15) is 19.2 Å². The largest absolute Gasteiger partial charge is 0.480 e. The Labute approximate surface area is 159 Å². The number of aliphatic carboxylic acids is 1. The van der Waals surface area contributed by atoms with Crippen LogP contribution in [-0.4, -0.2) is 34.3 Å². The van der Waals surface area contributed by atoms with Crippen LogP contribution in [0.4, 0.5) is 0 Å². The third-order valence-electron chi connectivity index (χ3n) is 3.78. The van der Waals surface area contributed by atoms with E-state index >= 15 is 0 Å². The zero-order chi connectivity index (χ0) is 20.4. The molecule has 0 bridgehead atoms. The molecular weight excluding hydrogens is 370 g/mol. The van der Waals surface area contributed by atoms with Crippen LogP contribution in [0.25, 0.3) is 10.4 Å². The van der Waals surface area contributed by atoms with Crippen LogP contribution in [-0.2, 0) is 16.0 Å². The number of primary amides is 2. The minimum Gasteiger partial charge on any atom is -0.480 e. The minimum atomic E-state index is -1.43. The minimum absolute atomic E-state index is 0.115. The molecule has 0 aliphatic rings. The van der Waals surface area contributed by atoms with Crippen molar-refractivity contribution >= 4 is 35.0 Å². The first kappa shape index (κ1) is 20.1. The first-order chi connectivity index (χ1) is 12.5. The topological polar surface area (TPSA) is 153 Å². The van der Waals surface area contributed by atoms with Gasteiger partial charge in [0.2, 0.25) is 11.8 Å². The molecule has 0 saturated carbocycles. The predicted molar refractivity (Wildman–Crippen MR) is 100 cm³/mol. The highest BCUT2D eigenvalue weighted by atomic mass is 32.1. The van der Waals surface area contributed by atoms with Gasteiger partial charge in [0.1, 0.15) is 5.54 Å². The molecule has 0 atom stereocenters. The van der Waals surface area contributed by atoms with Crippen molar-refractivity contribution in [3.8, 4) is 10.4 Å². The van der Waals surface area contributed by atoms with E-state index < -0.39 is 29.2 Å². The summed E-state index contributed by atoms with van der Waals surface area (Å²) >= 11 is 1.18. The SMILES string of the molecule is CC(C)(NC(=O)c1cccc(-c2cc(C(N)=O)c(CC(N)=O)s2)c1)C(=O)O. The van der Waals surface area contributed by atoms with Crippen LogP contribution < -0.4 is 16.8 Å². The molecule has 1 aromatic carbocycles. The Balaban J connectivity index is 2.37. The summed E-state index contributed by atoms with van der Waals surface area (Å²) in [6, 6.07) is 8.02. The molecule has 27 heavy (non-hydrogen) atoms. The molecule has 3 amide bonds. The molecule has 9 heteroatoms. The van der Waals surface area contributed by atoms with E-state index in [-0.39, 0.29) is 17.5 Å². The van der Waals surface area contributed by atoms with Crippen molar-refractivity contribution in [2.45, 2.75) is 25.8 Å². The van der Waals surface area contributed by atoms with Gasteiger partial charge in [0, 0.05) is 15.3 Å². The fourth-order valence-corrected chi connectivity index (χ4v) is 3.46. The first-order valence-electron chi connectivity index (χ1n) is 7.88. The zero-order valence-electron chi connectivity index (χ0n) is 14.7. The number of amides is 3. The van der Waals surface area contributed by atoms with Crippen LogP contribution in [0, 0.1) is 0 Å². The lowest BCUT2D eigenvalue weighted by Gasteiger charge is -2.21. The highest BCUT2D eigenvalue weighted by Gasteiger charge is 2.29. The number of hydrogen-bond acceptors (Lipinski definition) is 5. The van der Waals surface area contributed by atoms with Gasteiger partial charge in [-0.15, -0.1) is 11.3 Å². The molecule has 0 aliphatic heterocycles. The molecule has 0 spiro atoms. The maximum atomic E-state index is 12.4. The molecule has 2 rings (SSSR count). The maximum Gasteiger partial charge on any atom is 0.328 e. The third kappa shape index (κ3) is 4.70. The molecule has 0 aliphatic carbocycles. The van der Waals surface area contributed by atoms with Crippen molar-refractivity contribution < 1.29 is 24.3 Å². The highest BCUT2D eigenvalue weighted by molar-refractivity contribution is 7.16. The quantitative estimate of drug-likeness (QED) is 0.559. The van der Waals surface area contributed by atoms with E-state index in [2.05, 4.69) is 5.32 Å². The van der Waals surface area contributed by atoms with E-state index in [0.717, 1.165) is 0 Å². The standard InChI is InChI=1S/C18H19N3O5S/c1-18(2,17(25)26)21-16(24)10-5-3-4-9(6-10)12-7-11(15(20)23)13(27-12)8-14(19)22/h3-7H,8H2,1-2H3,(H2,19,22)(H2,20,23)(H,21,24)(H,25,26). The van der Waals surface area contributed by atoms with Crippen molar-refractivity contribution in [1.29, 1.82) is 0 Å². The lowest BCUT2D eigenvalue weighted by Crippen LogP contribution is -2.49. The Morgan fingerprint density at radius 3 is 2.37 bits per heavy atom. The number of carboxylic acids is 1. The highest BCUT2D eigenvalue weighted by Crippen LogP contribution is 2.32. The number of carboxylic acid groups (broad SMARTS) is 1. The number of thiophene rings is 1. The fourth-order valence-electron chi connectivity index (χ4n) is 2.29. The Morgan fingerprint density at radius 1 is 1.15 bits per heavy atom. The summed E-state index contributed by atoms with van der Waals surface area (Å²) in [5.74, 6) is -2.97. The van der Waals surface area contributed by atoms with Crippen LogP contribution >= 0.6 is 11.3 Å². The number of carbonyl (C=O) groups excluding carboxylic acids is 3. The fraction of sp³-hybridized carbons (Fsp3) is 0.222. The summed E-state index contributed by atoms with van der Waals surface area (Å²) in [5.41, 5.74) is 10.2. The van der Waals surface area contributed by atoms with Crippen molar-refractivity contribution in [3.63, 3.8) is 0 Å². The molecule has 1 aromatic heterocycles. The van der Waals surface area contributed by atoms with Crippen LogP contribution in [0.2, 0.25) is 0 Å². The van der Waals surface area contributed by atoms with E-state index in [0.29, 0.717) is 15.3 Å². The average molecular weight is 389 g/mol. The smallest absolute Gasteiger partial charge is 0.328 e. The second-order valence-corrected chi connectivity index (χ2v) is 7.56. The second kappa shape index (κ2) is 7.58. The number of nitrogens with one attached hydrogen (secondary N) is 1. The van der Waals surface area contributed by atoms with Gasteiger partial charge < -0.3 is 21.9 Å². The third-order valence-corrected chi connectivity index (χ3v) is 4.96. The van der Waals surface area contributed by atoms with E-state index in [4.69, 9.17) is 16.6 Å². The number of rotatable bonds is 7. The summed E-state index contributed by atoms with van der Waals surface area (Å²) in [6.07, 6.45) is -0.115. The number of nitrogens with two attached hydrogens (primary N) is 2. The van der Waals surface area contributed by atoms with Gasteiger partial charge in [0.05, 0.1) is 12.0 Å². The molecule has 0 fully saturated rings. The molecule has 0 saturated heterocycles. The lowest BCUT2D eigenvalue weighted by molar-refractivity contribution is -0.143. The summed E-state index contributed by atoms with van der Waals surface area (Å²) in [4.78, 5) is 47.4. The summed E-state index contributed by atoms with van der Waals surface area (Å²) in [7, 11) is 0. The summed E-state index contributed by atoms with van der Waals surface area (Å²) in [5, 5.41) is 11.6. The number of hydrogen-bond donors (Lipinski definition) is 4. The van der Waals surface area contributed by atoms with Gasteiger partial charge in [-0.2, -0.15) is 0 Å². The van der Waals surface area contributed by atoms with Gasteiger partial charge in [-0.05, 0) is 37.6 Å².